The topological polar surface area (TPSA) is 65.6 Å². The standard InChI is InChI=1S/C20H20F3N5/c21-20(22,23)16-12-26-19(27-15-7-4-8-24-11-15)28-18(16)14-9-17(25-10-14)13-5-2-1-3-6-13/h1-3,5-6,9-10,12,15,24-25H,4,7-8,11H2,(H,26,27,28)/t15-/m0/s1. The van der Waals surface area contributed by atoms with Gasteiger partial charge < -0.3 is 15.6 Å². The minimum atomic E-state index is -4.54. The average Bonchev–Trinajstić information content (AvgIpc) is 3.19. The van der Waals surface area contributed by atoms with Gasteiger partial charge in [0.05, 0.1) is 5.69 Å². The zero-order valence-electron chi connectivity index (χ0n) is 15.1. The Hall–Kier alpha value is -2.87. The molecule has 146 valence electrons. The number of alkyl halides is 3. The van der Waals surface area contributed by atoms with Crippen molar-refractivity contribution in [3.63, 3.8) is 0 Å². The third-order valence-electron chi connectivity index (χ3n) is 4.77. The number of anilines is 1. The highest BCUT2D eigenvalue weighted by molar-refractivity contribution is 5.72. The Balaban J connectivity index is 1.69. The molecule has 0 aliphatic carbocycles. The maximum Gasteiger partial charge on any atom is 0.419 e. The molecule has 1 aromatic carbocycles. The van der Waals surface area contributed by atoms with E-state index in [1.165, 1.54) is 0 Å². The van der Waals surface area contributed by atoms with E-state index in [2.05, 4.69) is 25.6 Å². The fourth-order valence-electron chi connectivity index (χ4n) is 3.35. The van der Waals surface area contributed by atoms with Gasteiger partial charge in [-0.3, -0.25) is 0 Å². The Morgan fingerprint density at radius 2 is 1.93 bits per heavy atom. The van der Waals surface area contributed by atoms with Crippen molar-refractivity contribution < 1.29 is 13.2 Å². The summed E-state index contributed by atoms with van der Waals surface area (Å²) < 4.78 is 40.6. The molecular formula is C20H20F3N5. The van der Waals surface area contributed by atoms with E-state index < -0.39 is 11.7 Å². The van der Waals surface area contributed by atoms with Gasteiger partial charge in [0.2, 0.25) is 5.95 Å². The van der Waals surface area contributed by atoms with Crippen LogP contribution in [0.2, 0.25) is 0 Å². The normalized spacial score (nSPS) is 17.5. The first-order chi connectivity index (χ1) is 13.5. The van der Waals surface area contributed by atoms with Crippen LogP contribution in [0.3, 0.4) is 0 Å². The first-order valence-corrected chi connectivity index (χ1v) is 9.16. The molecule has 1 fully saturated rings. The molecule has 0 saturated carbocycles. The summed E-state index contributed by atoms with van der Waals surface area (Å²) in [6.45, 7) is 1.69. The smallest absolute Gasteiger partial charge is 0.361 e. The number of aromatic amines is 1. The predicted molar refractivity (Wildman–Crippen MR) is 102 cm³/mol. The Morgan fingerprint density at radius 1 is 1.11 bits per heavy atom. The minimum Gasteiger partial charge on any atom is -0.361 e. The molecule has 4 rings (SSSR count). The van der Waals surface area contributed by atoms with Crippen LogP contribution in [0.1, 0.15) is 18.4 Å². The molecule has 1 aliphatic rings. The molecule has 1 atom stereocenters. The number of rotatable bonds is 4. The number of H-pyrrole nitrogens is 1. The molecule has 0 amide bonds. The van der Waals surface area contributed by atoms with Crippen molar-refractivity contribution in [3.05, 3.63) is 54.4 Å². The lowest BCUT2D eigenvalue weighted by Gasteiger charge is -2.24. The van der Waals surface area contributed by atoms with Gasteiger partial charge in [-0.1, -0.05) is 30.3 Å². The van der Waals surface area contributed by atoms with Crippen LogP contribution in [-0.4, -0.2) is 34.1 Å². The first-order valence-electron chi connectivity index (χ1n) is 9.16. The van der Waals surface area contributed by atoms with Gasteiger partial charge in [0.25, 0.3) is 0 Å². The van der Waals surface area contributed by atoms with E-state index in [-0.39, 0.29) is 17.7 Å². The number of hydrogen-bond donors (Lipinski definition) is 3. The van der Waals surface area contributed by atoms with Crippen molar-refractivity contribution in [2.75, 3.05) is 18.4 Å². The van der Waals surface area contributed by atoms with Crippen molar-refractivity contribution in [3.8, 4) is 22.5 Å². The Morgan fingerprint density at radius 3 is 2.64 bits per heavy atom. The molecular weight excluding hydrogens is 367 g/mol. The van der Waals surface area contributed by atoms with Crippen molar-refractivity contribution in [2.45, 2.75) is 25.1 Å². The van der Waals surface area contributed by atoms with E-state index in [0.717, 1.165) is 43.4 Å². The second-order valence-corrected chi connectivity index (χ2v) is 6.81. The van der Waals surface area contributed by atoms with Crippen LogP contribution in [0.25, 0.3) is 22.5 Å². The number of nitrogens with zero attached hydrogens (tertiary/aromatic N) is 2. The van der Waals surface area contributed by atoms with Crippen LogP contribution in [0.15, 0.2) is 48.8 Å². The maximum atomic E-state index is 13.5. The Bertz CT molecular complexity index is 931. The molecule has 28 heavy (non-hydrogen) atoms. The Labute approximate surface area is 160 Å². The summed E-state index contributed by atoms with van der Waals surface area (Å²) in [6, 6.07) is 11.2. The highest BCUT2D eigenvalue weighted by atomic mass is 19.4. The molecule has 3 N–H and O–H groups in total. The van der Waals surface area contributed by atoms with E-state index in [4.69, 9.17) is 0 Å². The summed E-state index contributed by atoms with van der Waals surface area (Å²) in [4.78, 5) is 11.2. The van der Waals surface area contributed by atoms with Crippen LogP contribution < -0.4 is 10.6 Å². The number of aromatic nitrogens is 3. The second-order valence-electron chi connectivity index (χ2n) is 6.81. The number of benzene rings is 1. The van der Waals surface area contributed by atoms with Crippen molar-refractivity contribution >= 4 is 5.95 Å². The van der Waals surface area contributed by atoms with Crippen LogP contribution in [0.4, 0.5) is 19.1 Å². The third-order valence-corrected chi connectivity index (χ3v) is 4.77. The first kappa shape index (κ1) is 18.5. The average molecular weight is 387 g/mol. The summed E-state index contributed by atoms with van der Waals surface area (Å²) in [5.41, 5.74) is 1.01. The van der Waals surface area contributed by atoms with E-state index >= 15 is 0 Å². The molecule has 0 radical (unpaired) electrons. The van der Waals surface area contributed by atoms with E-state index in [1.54, 1.807) is 12.3 Å². The lowest BCUT2D eigenvalue weighted by molar-refractivity contribution is -0.137. The number of nitrogens with one attached hydrogen (secondary N) is 3. The molecule has 3 heterocycles. The molecule has 3 aromatic rings. The molecule has 8 heteroatoms. The fourth-order valence-corrected chi connectivity index (χ4v) is 3.35. The second kappa shape index (κ2) is 7.63. The van der Waals surface area contributed by atoms with Gasteiger partial charge in [-0.25, -0.2) is 9.97 Å². The van der Waals surface area contributed by atoms with Gasteiger partial charge in [0.1, 0.15) is 5.56 Å². The van der Waals surface area contributed by atoms with Gasteiger partial charge in [-0.05, 0) is 31.0 Å². The van der Waals surface area contributed by atoms with Gasteiger partial charge in [-0.2, -0.15) is 13.2 Å². The quantitative estimate of drug-likeness (QED) is 0.624. The van der Waals surface area contributed by atoms with Crippen molar-refractivity contribution in [2.24, 2.45) is 0 Å². The zero-order chi connectivity index (χ0) is 19.6. The molecule has 1 aliphatic heterocycles. The number of halogens is 3. The molecule has 2 aromatic heterocycles. The number of piperidine rings is 1. The monoisotopic (exact) mass is 387 g/mol. The van der Waals surface area contributed by atoms with Crippen molar-refractivity contribution in [1.82, 2.24) is 20.3 Å². The lowest BCUT2D eigenvalue weighted by atomic mass is 10.1. The fraction of sp³-hybridized carbons (Fsp3) is 0.300. The van der Waals surface area contributed by atoms with Crippen LogP contribution in [0, 0.1) is 0 Å². The van der Waals surface area contributed by atoms with Crippen LogP contribution in [0.5, 0.6) is 0 Å². The van der Waals surface area contributed by atoms with Crippen LogP contribution >= 0.6 is 0 Å². The van der Waals surface area contributed by atoms with Gasteiger partial charge >= 0.3 is 6.18 Å². The zero-order valence-corrected chi connectivity index (χ0v) is 15.1. The molecule has 5 nitrogen and oxygen atoms in total. The third kappa shape index (κ3) is 4.01. The molecule has 0 bridgehead atoms. The van der Waals surface area contributed by atoms with E-state index in [9.17, 15) is 13.2 Å². The lowest BCUT2D eigenvalue weighted by Crippen LogP contribution is -2.38. The molecule has 0 spiro atoms. The molecule has 1 saturated heterocycles. The van der Waals surface area contributed by atoms with E-state index in [1.807, 2.05) is 30.3 Å². The van der Waals surface area contributed by atoms with E-state index in [0.29, 0.717) is 5.56 Å². The highest BCUT2D eigenvalue weighted by Gasteiger charge is 2.36. The Kier molecular flexibility index (Phi) is 5.04. The van der Waals surface area contributed by atoms with Crippen LogP contribution in [-0.2, 0) is 6.18 Å². The number of hydrogen-bond acceptors (Lipinski definition) is 4. The van der Waals surface area contributed by atoms with Gasteiger partial charge in [0.15, 0.2) is 0 Å². The predicted octanol–water partition coefficient (Wildman–Crippen LogP) is 4.32. The highest BCUT2D eigenvalue weighted by Crippen LogP contribution is 2.37. The maximum absolute atomic E-state index is 13.5. The van der Waals surface area contributed by atoms with Gasteiger partial charge in [0, 0.05) is 36.2 Å². The summed E-state index contributed by atoms with van der Waals surface area (Å²) in [5, 5.41) is 6.40. The summed E-state index contributed by atoms with van der Waals surface area (Å²) >= 11 is 0. The minimum absolute atomic E-state index is 0.101. The van der Waals surface area contributed by atoms with Gasteiger partial charge in [-0.15, -0.1) is 0 Å². The summed E-state index contributed by atoms with van der Waals surface area (Å²) in [6.07, 6.45) is -0.204. The molecule has 0 unspecified atom stereocenters. The largest absolute Gasteiger partial charge is 0.419 e. The summed E-state index contributed by atoms with van der Waals surface area (Å²) in [5.74, 6) is 0.208. The SMILES string of the molecule is FC(F)(F)c1cnc(N[C@H]2CCCNC2)nc1-c1c[nH]c(-c2ccccc2)c1. The summed E-state index contributed by atoms with van der Waals surface area (Å²) in [7, 11) is 0. The van der Waals surface area contributed by atoms with Crippen molar-refractivity contribution in [1.29, 1.82) is 0 Å².